The number of hydrogen-bond acceptors (Lipinski definition) is 3. The van der Waals surface area contributed by atoms with Gasteiger partial charge in [-0.15, -0.1) is 0 Å². The Hall–Kier alpha value is -1.11. The normalized spacial score (nSPS) is 22.2. The Morgan fingerprint density at radius 1 is 1.38 bits per heavy atom. The van der Waals surface area contributed by atoms with Crippen molar-refractivity contribution in [2.45, 2.75) is 31.1 Å². The van der Waals surface area contributed by atoms with Gasteiger partial charge in [0.2, 0.25) is 10.0 Å². The topological polar surface area (TPSA) is 89.3 Å². The molecule has 0 saturated heterocycles. The fourth-order valence-electron chi connectivity index (χ4n) is 2.71. The summed E-state index contributed by atoms with van der Waals surface area (Å²) in [6, 6.07) is 3.91. The van der Waals surface area contributed by atoms with E-state index in [1.807, 2.05) is 0 Å². The van der Waals surface area contributed by atoms with Gasteiger partial charge in [0.15, 0.2) is 0 Å². The van der Waals surface area contributed by atoms with Crippen LogP contribution >= 0.6 is 11.6 Å². The van der Waals surface area contributed by atoms with E-state index in [9.17, 15) is 13.2 Å². The van der Waals surface area contributed by atoms with Crippen molar-refractivity contribution < 1.29 is 13.2 Å². The third kappa shape index (κ3) is 4.43. The molecule has 1 amide bonds. The van der Waals surface area contributed by atoms with Gasteiger partial charge in [-0.3, -0.25) is 4.79 Å². The molecule has 1 aromatic rings. The predicted octanol–water partition coefficient (Wildman–Crippen LogP) is 2.15. The van der Waals surface area contributed by atoms with Crippen LogP contribution < -0.4 is 10.5 Å². The predicted molar refractivity (Wildman–Crippen MR) is 81.7 cm³/mol. The van der Waals surface area contributed by atoms with Crippen molar-refractivity contribution in [3.05, 3.63) is 28.8 Å². The molecule has 1 fully saturated rings. The molecular formula is C14H19ClN2O3S. The van der Waals surface area contributed by atoms with Crippen LogP contribution in [-0.2, 0) is 10.0 Å². The van der Waals surface area contributed by atoms with Crippen molar-refractivity contribution in [3.63, 3.8) is 0 Å². The molecule has 116 valence electrons. The van der Waals surface area contributed by atoms with Crippen LogP contribution in [-0.4, -0.2) is 20.9 Å². The van der Waals surface area contributed by atoms with Crippen LogP contribution in [0.1, 0.15) is 36.5 Å². The Bertz CT molecular complexity index is 646. The maximum Gasteiger partial charge on any atom is 0.251 e. The Balaban J connectivity index is 2.07. The number of carbonyl (C=O) groups is 1. The van der Waals surface area contributed by atoms with Gasteiger partial charge in [-0.1, -0.05) is 24.9 Å². The number of sulfonamides is 1. The summed E-state index contributed by atoms with van der Waals surface area (Å²) in [5, 5.41) is 8.07. The highest BCUT2D eigenvalue weighted by Gasteiger charge is 2.22. The summed E-state index contributed by atoms with van der Waals surface area (Å²) in [7, 11) is -3.88. The number of primary sulfonamides is 1. The number of amides is 1. The van der Waals surface area contributed by atoms with Gasteiger partial charge in [0.1, 0.15) is 0 Å². The van der Waals surface area contributed by atoms with Gasteiger partial charge < -0.3 is 5.32 Å². The zero-order valence-corrected chi connectivity index (χ0v) is 13.4. The molecule has 1 aromatic carbocycles. The van der Waals surface area contributed by atoms with Crippen molar-refractivity contribution in [2.75, 3.05) is 6.54 Å². The first-order valence-corrected chi connectivity index (χ1v) is 8.79. The van der Waals surface area contributed by atoms with Crippen molar-refractivity contribution in [3.8, 4) is 0 Å². The highest BCUT2D eigenvalue weighted by Crippen LogP contribution is 2.29. The second-order valence-corrected chi connectivity index (χ2v) is 7.71. The van der Waals surface area contributed by atoms with Gasteiger partial charge in [-0.2, -0.15) is 0 Å². The number of carbonyl (C=O) groups excluding carboxylic acids is 1. The van der Waals surface area contributed by atoms with Gasteiger partial charge >= 0.3 is 0 Å². The third-order valence-electron chi connectivity index (χ3n) is 3.82. The first-order valence-electron chi connectivity index (χ1n) is 6.87. The van der Waals surface area contributed by atoms with Crippen LogP contribution in [0.2, 0.25) is 5.02 Å². The lowest BCUT2D eigenvalue weighted by atomic mass is 10.1. The fraction of sp³-hybridized carbons (Fsp3) is 0.500. The molecule has 2 unspecified atom stereocenters. The standard InChI is InChI=1S/C14H19ClN2O3S/c1-9-2-3-10(4-9)8-17-14(18)11-5-12(15)7-13(6-11)21(16,19)20/h5-7,9-10H,2-4,8H2,1H3,(H,17,18)(H2,16,19,20). The summed E-state index contributed by atoms with van der Waals surface area (Å²) < 4.78 is 22.7. The second-order valence-electron chi connectivity index (χ2n) is 5.71. The molecule has 2 atom stereocenters. The van der Waals surface area contributed by atoms with E-state index in [1.165, 1.54) is 24.6 Å². The van der Waals surface area contributed by atoms with E-state index in [-0.39, 0.29) is 21.4 Å². The molecule has 3 N–H and O–H groups in total. The molecule has 5 nitrogen and oxygen atoms in total. The molecule has 1 saturated carbocycles. The second kappa shape index (κ2) is 6.34. The molecule has 0 bridgehead atoms. The van der Waals surface area contributed by atoms with Gasteiger partial charge in [-0.25, -0.2) is 13.6 Å². The van der Waals surface area contributed by atoms with Crippen LogP contribution in [0.25, 0.3) is 0 Å². The van der Waals surface area contributed by atoms with Crippen molar-refractivity contribution in [1.29, 1.82) is 0 Å². The highest BCUT2D eigenvalue weighted by atomic mass is 35.5. The Morgan fingerprint density at radius 2 is 2.10 bits per heavy atom. The largest absolute Gasteiger partial charge is 0.352 e. The van der Waals surface area contributed by atoms with E-state index < -0.39 is 10.0 Å². The molecule has 0 heterocycles. The first-order chi connectivity index (χ1) is 9.75. The first kappa shape index (κ1) is 16.3. The monoisotopic (exact) mass is 330 g/mol. The summed E-state index contributed by atoms with van der Waals surface area (Å²) in [5.41, 5.74) is 0.206. The molecule has 7 heteroatoms. The van der Waals surface area contributed by atoms with Crippen LogP contribution in [0.5, 0.6) is 0 Å². The molecule has 0 aromatic heterocycles. The summed E-state index contributed by atoms with van der Waals surface area (Å²) in [6.07, 6.45) is 3.41. The van der Waals surface area contributed by atoms with Gasteiger partial charge in [0.25, 0.3) is 5.91 Å². The number of halogens is 1. The van der Waals surface area contributed by atoms with E-state index in [0.717, 1.165) is 12.8 Å². The number of nitrogens with one attached hydrogen (secondary N) is 1. The summed E-state index contributed by atoms with van der Waals surface area (Å²) in [4.78, 5) is 12.0. The molecule has 2 rings (SSSR count). The Morgan fingerprint density at radius 3 is 2.67 bits per heavy atom. The minimum absolute atomic E-state index is 0.158. The lowest BCUT2D eigenvalue weighted by molar-refractivity contribution is 0.0947. The lowest BCUT2D eigenvalue weighted by Gasteiger charge is -2.12. The third-order valence-corrected chi connectivity index (χ3v) is 4.93. The van der Waals surface area contributed by atoms with E-state index in [2.05, 4.69) is 12.2 Å². The van der Waals surface area contributed by atoms with Crippen LogP contribution in [0.3, 0.4) is 0 Å². The zero-order chi connectivity index (χ0) is 15.6. The van der Waals surface area contributed by atoms with Crippen molar-refractivity contribution in [2.24, 2.45) is 17.0 Å². The smallest absolute Gasteiger partial charge is 0.251 e. The average molecular weight is 331 g/mol. The molecule has 0 aliphatic heterocycles. The number of nitrogens with two attached hydrogens (primary N) is 1. The van der Waals surface area contributed by atoms with Crippen LogP contribution in [0, 0.1) is 11.8 Å². The number of hydrogen-bond donors (Lipinski definition) is 2. The highest BCUT2D eigenvalue weighted by molar-refractivity contribution is 7.89. The molecule has 0 spiro atoms. The number of rotatable bonds is 4. The molecule has 21 heavy (non-hydrogen) atoms. The SMILES string of the molecule is CC1CCC(CNC(=O)c2cc(Cl)cc(S(N)(=O)=O)c2)C1. The minimum Gasteiger partial charge on any atom is -0.352 e. The molecule has 0 radical (unpaired) electrons. The summed E-state index contributed by atoms with van der Waals surface area (Å²) in [6.45, 7) is 2.80. The minimum atomic E-state index is -3.88. The number of benzene rings is 1. The van der Waals surface area contributed by atoms with E-state index in [4.69, 9.17) is 16.7 Å². The Labute approximate surface area is 129 Å². The maximum atomic E-state index is 12.1. The molecule has 1 aliphatic rings. The van der Waals surface area contributed by atoms with Crippen molar-refractivity contribution in [1.82, 2.24) is 5.32 Å². The van der Waals surface area contributed by atoms with E-state index in [1.54, 1.807) is 0 Å². The van der Waals surface area contributed by atoms with Gasteiger partial charge in [-0.05, 0) is 42.9 Å². The van der Waals surface area contributed by atoms with Crippen molar-refractivity contribution >= 4 is 27.5 Å². The molecule has 1 aliphatic carbocycles. The van der Waals surface area contributed by atoms with E-state index >= 15 is 0 Å². The summed E-state index contributed by atoms with van der Waals surface area (Å²) in [5.74, 6) is 0.856. The summed E-state index contributed by atoms with van der Waals surface area (Å²) >= 11 is 5.85. The van der Waals surface area contributed by atoms with Gasteiger partial charge in [0, 0.05) is 17.1 Å². The lowest BCUT2D eigenvalue weighted by Crippen LogP contribution is -2.28. The van der Waals surface area contributed by atoms with E-state index in [0.29, 0.717) is 18.4 Å². The Kier molecular flexibility index (Phi) is 4.91. The van der Waals surface area contributed by atoms with Crippen LogP contribution in [0.15, 0.2) is 23.1 Å². The maximum absolute atomic E-state index is 12.1. The fourth-order valence-corrected chi connectivity index (χ4v) is 3.59. The van der Waals surface area contributed by atoms with Gasteiger partial charge in [0.05, 0.1) is 4.90 Å². The average Bonchev–Trinajstić information content (AvgIpc) is 2.80. The quantitative estimate of drug-likeness (QED) is 0.886. The van der Waals surface area contributed by atoms with Crippen LogP contribution in [0.4, 0.5) is 0 Å². The molecular weight excluding hydrogens is 312 g/mol. The zero-order valence-electron chi connectivity index (χ0n) is 11.8.